The molecule has 0 saturated heterocycles. The van der Waals surface area contributed by atoms with Gasteiger partial charge in [0.2, 0.25) is 0 Å². The van der Waals surface area contributed by atoms with Crippen LogP contribution >= 0.6 is 23.2 Å². The molecule has 0 spiro atoms. The van der Waals surface area contributed by atoms with Gasteiger partial charge in [-0.3, -0.25) is 4.79 Å². The second-order valence-corrected chi connectivity index (χ2v) is 6.06. The lowest BCUT2D eigenvalue weighted by atomic mass is 9.86. The van der Waals surface area contributed by atoms with E-state index in [9.17, 15) is 4.79 Å². The van der Waals surface area contributed by atoms with Crippen LogP contribution in [0.4, 0.5) is 0 Å². The molecule has 0 radical (unpaired) electrons. The van der Waals surface area contributed by atoms with E-state index in [2.05, 4.69) is 12.2 Å². The number of halogens is 2. The number of rotatable bonds is 4. The molecule has 1 N–H and O–H groups in total. The summed E-state index contributed by atoms with van der Waals surface area (Å²) in [6.45, 7) is 2.14. The number of hydrogen-bond acceptors (Lipinski definition) is 2. The van der Waals surface area contributed by atoms with Crippen LogP contribution < -0.4 is 10.1 Å². The summed E-state index contributed by atoms with van der Waals surface area (Å²) in [6, 6.07) is 5.38. The highest BCUT2D eigenvalue weighted by Gasteiger charge is 2.22. The highest BCUT2D eigenvalue weighted by atomic mass is 35.5. The summed E-state index contributed by atoms with van der Waals surface area (Å²) in [5.41, 5.74) is 0. The summed E-state index contributed by atoms with van der Waals surface area (Å²) in [6.07, 6.45) is 4.65. The van der Waals surface area contributed by atoms with E-state index in [0.29, 0.717) is 21.7 Å². The van der Waals surface area contributed by atoms with Gasteiger partial charge in [0.25, 0.3) is 5.91 Å². The maximum Gasteiger partial charge on any atom is 0.258 e. The SMILES string of the molecule is C[C@H]1CCCC[C@@H]1NC(=O)COc1cccc(Cl)c1Cl. The van der Waals surface area contributed by atoms with Crippen molar-refractivity contribution in [1.29, 1.82) is 0 Å². The van der Waals surface area contributed by atoms with Gasteiger partial charge in [0.1, 0.15) is 10.8 Å². The minimum absolute atomic E-state index is 0.0384. The van der Waals surface area contributed by atoms with Crippen molar-refractivity contribution in [2.75, 3.05) is 6.61 Å². The average Bonchev–Trinajstić information content (AvgIpc) is 2.43. The fourth-order valence-electron chi connectivity index (χ4n) is 2.52. The molecule has 0 heterocycles. The van der Waals surface area contributed by atoms with Crippen molar-refractivity contribution in [2.24, 2.45) is 5.92 Å². The van der Waals surface area contributed by atoms with Crippen LogP contribution in [0.1, 0.15) is 32.6 Å². The topological polar surface area (TPSA) is 38.3 Å². The fourth-order valence-corrected chi connectivity index (χ4v) is 2.86. The van der Waals surface area contributed by atoms with E-state index in [4.69, 9.17) is 27.9 Å². The second kappa shape index (κ2) is 7.19. The molecule has 1 saturated carbocycles. The van der Waals surface area contributed by atoms with Crippen LogP contribution in [-0.4, -0.2) is 18.6 Å². The van der Waals surface area contributed by atoms with Crippen molar-refractivity contribution in [2.45, 2.75) is 38.6 Å². The van der Waals surface area contributed by atoms with Gasteiger partial charge >= 0.3 is 0 Å². The predicted octanol–water partition coefficient (Wildman–Crippen LogP) is 4.07. The van der Waals surface area contributed by atoms with E-state index < -0.39 is 0 Å². The quantitative estimate of drug-likeness (QED) is 0.909. The molecule has 0 unspecified atom stereocenters. The molecule has 20 heavy (non-hydrogen) atoms. The zero-order valence-electron chi connectivity index (χ0n) is 11.5. The van der Waals surface area contributed by atoms with E-state index in [1.54, 1.807) is 18.2 Å². The minimum atomic E-state index is -0.111. The number of nitrogens with one attached hydrogen (secondary N) is 1. The van der Waals surface area contributed by atoms with Crippen LogP contribution in [0.3, 0.4) is 0 Å². The van der Waals surface area contributed by atoms with Crippen LogP contribution in [0.5, 0.6) is 5.75 Å². The highest BCUT2D eigenvalue weighted by molar-refractivity contribution is 6.42. The lowest BCUT2D eigenvalue weighted by Crippen LogP contribution is -2.43. The van der Waals surface area contributed by atoms with E-state index in [1.165, 1.54) is 19.3 Å². The zero-order chi connectivity index (χ0) is 14.5. The van der Waals surface area contributed by atoms with Crippen molar-refractivity contribution >= 4 is 29.1 Å². The molecular weight excluding hydrogens is 297 g/mol. The van der Waals surface area contributed by atoms with E-state index in [0.717, 1.165) is 6.42 Å². The van der Waals surface area contributed by atoms with Gasteiger partial charge in [-0.15, -0.1) is 0 Å². The molecule has 2 rings (SSSR count). The number of carbonyl (C=O) groups is 1. The molecule has 1 aromatic rings. The van der Waals surface area contributed by atoms with Crippen LogP contribution in [-0.2, 0) is 4.79 Å². The van der Waals surface area contributed by atoms with Crippen molar-refractivity contribution in [1.82, 2.24) is 5.32 Å². The van der Waals surface area contributed by atoms with Gasteiger partial charge in [-0.1, -0.05) is 49.0 Å². The van der Waals surface area contributed by atoms with Crippen molar-refractivity contribution < 1.29 is 9.53 Å². The van der Waals surface area contributed by atoms with Crippen LogP contribution in [0.2, 0.25) is 10.0 Å². The molecular formula is C15H19Cl2NO2. The molecule has 1 aromatic carbocycles. The Morgan fingerprint density at radius 1 is 1.35 bits per heavy atom. The lowest BCUT2D eigenvalue weighted by Gasteiger charge is -2.29. The largest absolute Gasteiger partial charge is 0.482 e. The third kappa shape index (κ3) is 4.03. The molecule has 0 bridgehead atoms. The first kappa shape index (κ1) is 15.5. The molecule has 0 aromatic heterocycles. The van der Waals surface area contributed by atoms with Gasteiger partial charge < -0.3 is 10.1 Å². The maximum absolute atomic E-state index is 11.9. The molecule has 0 aliphatic heterocycles. The molecule has 1 amide bonds. The third-order valence-electron chi connectivity index (χ3n) is 3.73. The Kier molecular flexibility index (Phi) is 5.55. The first-order chi connectivity index (χ1) is 9.58. The Bertz CT molecular complexity index is 479. The van der Waals surface area contributed by atoms with Crippen molar-refractivity contribution in [3.63, 3.8) is 0 Å². The zero-order valence-corrected chi connectivity index (χ0v) is 13.0. The highest BCUT2D eigenvalue weighted by Crippen LogP contribution is 2.31. The standard InChI is InChI=1S/C15H19Cl2NO2/c1-10-5-2-3-7-12(10)18-14(19)9-20-13-8-4-6-11(16)15(13)17/h4,6,8,10,12H,2-3,5,7,9H2,1H3,(H,18,19)/t10-,12-/m0/s1. The summed E-state index contributed by atoms with van der Waals surface area (Å²) in [5, 5.41) is 3.80. The summed E-state index contributed by atoms with van der Waals surface area (Å²) in [4.78, 5) is 11.9. The van der Waals surface area contributed by atoms with Gasteiger partial charge in [-0.25, -0.2) is 0 Å². The summed E-state index contributed by atoms with van der Waals surface area (Å²) < 4.78 is 5.43. The number of ether oxygens (including phenoxy) is 1. The monoisotopic (exact) mass is 315 g/mol. The predicted molar refractivity (Wildman–Crippen MR) is 81.5 cm³/mol. The number of hydrogen-bond donors (Lipinski definition) is 1. The van der Waals surface area contributed by atoms with Crippen LogP contribution in [0.25, 0.3) is 0 Å². The summed E-state index contributed by atoms with van der Waals surface area (Å²) >= 11 is 11.9. The molecule has 2 atom stereocenters. The summed E-state index contributed by atoms with van der Waals surface area (Å²) in [7, 11) is 0. The Labute approximate surface area is 129 Å². The number of benzene rings is 1. The molecule has 1 aliphatic rings. The molecule has 5 heteroatoms. The number of amides is 1. The van der Waals surface area contributed by atoms with Gasteiger partial charge in [-0.2, -0.15) is 0 Å². The Morgan fingerprint density at radius 2 is 2.10 bits per heavy atom. The molecule has 110 valence electrons. The normalized spacial score (nSPS) is 22.4. The van der Waals surface area contributed by atoms with Crippen molar-refractivity contribution in [3.05, 3.63) is 28.2 Å². The van der Waals surface area contributed by atoms with Crippen molar-refractivity contribution in [3.8, 4) is 5.75 Å². The number of carbonyl (C=O) groups excluding carboxylic acids is 1. The smallest absolute Gasteiger partial charge is 0.258 e. The first-order valence-corrected chi connectivity index (χ1v) is 7.69. The Balaban J connectivity index is 1.84. The van der Waals surface area contributed by atoms with E-state index in [-0.39, 0.29) is 18.6 Å². The first-order valence-electron chi connectivity index (χ1n) is 6.94. The fraction of sp³-hybridized carbons (Fsp3) is 0.533. The van der Waals surface area contributed by atoms with Gasteiger partial charge in [0.05, 0.1) is 5.02 Å². The summed E-state index contributed by atoms with van der Waals surface area (Å²) in [5.74, 6) is 0.855. The van der Waals surface area contributed by atoms with Gasteiger partial charge in [0.15, 0.2) is 6.61 Å². The minimum Gasteiger partial charge on any atom is -0.482 e. The Morgan fingerprint density at radius 3 is 2.85 bits per heavy atom. The van der Waals surface area contributed by atoms with Gasteiger partial charge in [-0.05, 0) is 30.9 Å². The molecule has 1 aliphatic carbocycles. The van der Waals surface area contributed by atoms with E-state index in [1.807, 2.05) is 0 Å². The Hall–Kier alpha value is -0.930. The molecule has 1 fully saturated rings. The maximum atomic E-state index is 11.9. The van der Waals surface area contributed by atoms with E-state index >= 15 is 0 Å². The van der Waals surface area contributed by atoms with Crippen LogP contribution in [0, 0.1) is 5.92 Å². The lowest BCUT2D eigenvalue weighted by molar-refractivity contribution is -0.124. The third-order valence-corrected chi connectivity index (χ3v) is 4.53. The average molecular weight is 316 g/mol. The second-order valence-electron chi connectivity index (χ2n) is 5.28. The van der Waals surface area contributed by atoms with Crippen LogP contribution in [0.15, 0.2) is 18.2 Å². The van der Waals surface area contributed by atoms with Gasteiger partial charge in [0, 0.05) is 6.04 Å². The molecule has 3 nitrogen and oxygen atoms in total.